The molecule has 3 nitrogen and oxygen atoms in total. The van der Waals surface area contributed by atoms with Crippen LogP contribution in [0.5, 0.6) is 0 Å². The van der Waals surface area contributed by atoms with Crippen LogP contribution in [0.2, 0.25) is 0 Å². The second-order valence-electron chi connectivity index (χ2n) is 17.0. The van der Waals surface area contributed by atoms with Crippen molar-refractivity contribution in [3.05, 3.63) is 0 Å². The second-order valence-corrected chi connectivity index (χ2v) is 17.0. The number of carbonyl (C=O) groups excluding carboxylic acids is 1. The number of aliphatic hydroxyl groups is 1. The maximum atomic E-state index is 12.0. The number of hydrogen-bond donors (Lipinski definition) is 1. The van der Waals surface area contributed by atoms with Crippen molar-refractivity contribution in [2.24, 2.45) is 0 Å². The molecule has 1 N–H and O–H groups in total. The van der Waals surface area contributed by atoms with E-state index >= 15 is 0 Å². The summed E-state index contributed by atoms with van der Waals surface area (Å²) in [6.45, 7) is 5.15. The number of carbonyl (C=O) groups is 1. The van der Waals surface area contributed by atoms with Gasteiger partial charge in [0, 0.05) is 6.42 Å². The molecule has 0 rings (SSSR count). The summed E-state index contributed by atoms with van der Waals surface area (Å²) in [4.78, 5) is 12.0. The first-order valence-electron chi connectivity index (χ1n) is 24.5. The lowest BCUT2D eigenvalue weighted by atomic mass is 10.0. The van der Waals surface area contributed by atoms with E-state index in [2.05, 4.69) is 13.8 Å². The van der Waals surface area contributed by atoms with E-state index in [1.165, 1.54) is 244 Å². The second kappa shape index (κ2) is 46.6. The van der Waals surface area contributed by atoms with Crippen LogP contribution in [0.1, 0.15) is 296 Å². The van der Waals surface area contributed by atoms with Crippen LogP contribution in [-0.2, 0) is 9.53 Å². The summed E-state index contributed by atoms with van der Waals surface area (Å²) in [7, 11) is 0. The molecule has 0 saturated carbocycles. The van der Waals surface area contributed by atoms with Gasteiger partial charge in [0.05, 0.1) is 12.7 Å². The third-order valence-corrected chi connectivity index (χ3v) is 11.6. The van der Waals surface area contributed by atoms with Gasteiger partial charge >= 0.3 is 5.97 Å². The zero-order valence-corrected chi connectivity index (χ0v) is 36.2. The standard InChI is InChI=1S/C49H98O3/c1-3-5-7-9-10-11-12-13-14-15-16-17-18-19-20-21-22-23-24-25-26-27-28-29-30-33-36-39-43-47-52-49(51)46-42-38-35-32-31-34-37-41-45-48(50)44-40-8-6-4-2/h48,50H,3-47H2,1-2H3. The zero-order chi connectivity index (χ0) is 37.7. The SMILES string of the molecule is CCCCCCCCCCCCCCCCCCCCCCCCCCCCCCCOC(=O)CCCCCCCCCCC(O)CCCCCC. The Kier molecular flexibility index (Phi) is 46.1. The lowest BCUT2D eigenvalue weighted by Gasteiger charge is -2.10. The smallest absolute Gasteiger partial charge is 0.305 e. The molecule has 0 saturated heterocycles. The number of aliphatic hydroxyl groups excluding tert-OH is 1. The van der Waals surface area contributed by atoms with E-state index < -0.39 is 0 Å². The van der Waals surface area contributed by atoms with E-state index in [0.717, 1.165) is 32.1 Å². The van der Waals surface area contributed by atoms with E-state index in [9.17, 15) is 9.90 Å². The van der Waals surface area contributed by atoms with E-state index in [0.29, 0.717) is 13.0 Å². The summed E-state index contributed by atoms with van der Waals surface area (Å²) in [6.07, 6.45) is 58.3. The summed E-state index contributed by atoms with van der Waals surface area (Å²) in [5.74, 6) is 0.00784. The van der Waals surface area contributed by atoms with Crippen molar-refractivity contribution in [3.8, 4) is 0 Å². The molecular formula is C49H98O3. The number of rotatable bonds is 46. The summed E-state index contributed by atoms with van der Waals surface area (Å²) in [6, 6.07) is 0. The molecule has 1 unspecified atom stereocenters. The number of esters is 1. The molecule has 0 amide bonds. The summed E-state index contributed by atoms with van der Waals surface area (Å²) >= 11 is 0. The van der Waals surface area contributed by atoms with Crippen LogP contribution in [0.4, 0.5) is 0 Å². The van der Waals surface area contributed by atoms with Crippen LogP contribution in [0.25, 0.3) is 0 Å². The van der Waals surface area contributed by atoms with Crippen molar-refractivity contribution in [3.63, 3.8) is 0 Å². The molecule has 0 aliphatic heterocycles. The van der Waals surface area contributed by atoms with Crippen LogP contribution in [0.3, 0.4) is 0 Å². The predicted octanol–water partition coefficient (Wildman–Crippen LogP) is 17.1. The van der Waals surface area contributed by atoms with Gasteiger partial charge in [-0.05, 0) is 25.7 Å². The largest absolute Gasteiger partial charge is 0.466 e. The van der Waals surface area contributed by atoms with Crippen molar-refractivity contribution >= 4 is 5.97 Å². The summed E-state index contributed by atoms with van der Waals surface area (Å²) in [5, 5.41) is 10.1. The Morgan fingerprint density at radius 3 is 0.885 bits per heavy atom. The normalized spacial score (nSPS) is 12.1. The van der Waals surface area contributed by atoms with E-state index in [4.69, 9.17) is 4.74 Å². The molecule has 0 heterocycles. The lowest BCUT2D eigenvalue weighted by Crippen LogP contribution is -2.06. The molecule has 0 aliphatic carbocycles. The minimum absolute atomic E-state index is 0.00784. The number of hydrogen-bond acceptors (Lipinski definition) is 3. The fourth-order valence-corrected chi connectivity index (χ4v) is 7.87. The maximum Gasteiger partial charge on any atom is 0.305 e. The minimum atomic E-state index is -0.0794. The average molecular weight is 735 g/mol. The Labute approximate surface area is 328 Å². The van der Waals surface area contributed by atoms with Crippen molar-refractivity contribution in [2.45, 2.75) is 302 Å². The van der Waals surface area contributed by atoms with E-state index in [1.807, 2.05) is 0 Å². The van der Waals surface area contributed by atoms with Crippen LogP contribution in [-0.4, -0.2) is 23.8 Å². The van der Waals surface area contributed by atoms with Crippen LogP contribution in [0.15, 0.2) is 0 Å². The molecule has 52 heavy (non-hydrogen) atoms. The molecule has 1 atom stereocenters. The summed E-state index contributed by atoms with van der Waals surface area (Å²) < 4.78 is 5.47. The highest BCUT2D eigenvalue weighted by Gasteiger charge is 2.05. The fourth-order valence-electron chi connectivity index (χ4n) is 7.87. The van der Waals surface area contributed by atoms with Gasteiger partial charge in [0.1, 0.15) is 0 Å². The van der Waals surface area contributed by atoms with E-state index in [-0.39, 0.29) is 12.1 Å². The Balaban J connectivity index is 3.16. The van der Waals surface area contributed by atoms with Gasteiger partial charge in [-0.25, -0.2) is 0 Å². The van der Waals surface area contributed by atoms with Crippen LogP contribution < -0.4 is 0 Å². The lowest BCUT2D eigenvalue weighted by molar-refractivity contribution is -0.143. The Morgan fingerprint density at radius 1 is 0.346 bits per heavy atom. The molecule has 0 bridgehead atoms. The molecule has 0 aromatic rings. The number of ether oxygens (including phenoxy) is 1. The molecule has 0 fully saturated rings. The molecule has 312 valence electrons. The van der Waals surface area contributed by atoms with Crippen LogP contribution >= 0.6 is 0 Å². The van der Waals surface area contributed by atoms with Gasteiger partial charge in [-0.1, -0.05) is 264 Å². The van der Waals surface area contributed by atoms with Gasteiger partial charge in [-0.3, -0.25) is 4.79 Å². The quantitative estimate of drug-likeness (QED) is 0.0500. The number of unbranched alkanes of at least 4 members (excludes halogenated alkanes) is 38. The maximum absolute atomic E-state index is 12.0. The van der Waals surface area contributed by atoms with E-state index in [1.54, 1.807) is 0 Å². The van der Waals surface area contributed by atoms with Crippen LogP contribution in [0, 0.1) is 0 Å². The first-order valence-corrected chi connectivity index (χ1v) is 24.5. The Bertz CT molecular complexity index is 648. The molecule has 0 spiro atoms. The molecule has 3 heteroatoms. The molecule has 0 aliphatic rings. The van der Waals surface area contributed by atoms with Gasteiger partial charge in [0.2, 0.25) is 0 Å². The fraction of sp³-hybridized carbons (Fsp3) is 0.980. The van der Waals surface area contributed by atoms with Crippen molar-refractivity contribution in [2.75, 3.05) is 6.61 Å². The third-order valence-electron chi connectivity index (χ3n) is 11.6. The molecule has 0 aromatic carbocycles. The van der Waals surface area contributed by atoms with Crippen molar-refractivity contribution < 1.29 is 14.6 Å². The first kappa shape index (κ1) is 51.4. The molecule has 0 radical (unpaired) electrons. The Hall–Kier alpha value is -0.570. The molecular weight excluding hydrogens is 637 g/mol. The predicted molar refractivity (Wildman–Crippen MR) is 231 cm³/mol. The highest BCUT2D eigenvalue weighted by Crippen LogP contribution is 2.18. The van der Waals surface area contributed by atoms with Gasteiger partial charge in [-0.2, -0.15) is 0 Å². The van der Waals surface area contributed by atoms with Gasteiger partial charge in [-0.15, -0.1) is 0 Å². The first-order chi connectivity index (χ1) is 25.7. The summed E-state index contributed by atoms with van der Waals surface area (Å²) in [5.41, 5.74) is 0. The Morgan fingerprint density at radius 2 is 0.577 bits per heavy atom. The highest BCUT2D eigenvalue weighted by atomic mass is 16.5. The highest BCUT2D eigenvalue weighted by molar-refractivity contribution is 5.69. The van der Waals surface area contributed by atoms with Crippen molar-refractivity contribution in [1.82, 2.24) is 0 Å². The third kappa shape index (κ3) is 45.6. The van der Waals surface area contributed by atoms with Gasteiger partial charge in [0.15, 0.2) is 0 Å². The zero-order valence-electron chi connectivity index (χ0n) is 36.2. The van der Waals surface area contributed by atoms with Gasteiger partial charge in [0.25, 0.3) is 0 Å². The van der Waals surface area contributed by atoms with Crippen molar-refractivity contribution in [1.29, 1.82) is 0 Å². The monoisotopic (exact) mass is 735 g/mol. The average Bonchev–Trinajstić information content (AvgIpc) is 3.15. The minimum Gasteiger partial charge on any atom is -0.466 e. The molecule has 0 aromatic heterocycles. The van der Waals surface area contributed by atoms with Gasteiger partial charge < -0.3 is 9.84 Å². The topological polar surface area (TPSA) is 46.5 Å².